The lowest BCUT2D eigenvalue weighted by atomic mass is 10.1. The van der Waals surface area contributed by atoms with Crippen LogP contribution in [0.3, 0.4) is 0 Å². The normalized spacial score (nSPS) is 14.9. The minimum absolute atomic E-state index is 0.141. The summed E-state index contributed by atoms with van der Waals surface area (Å²) < 4.78 is 5.00. The Hall–Kier alpha value is -3.46. The van der Waals surface area contributed by atoms with E-state index < -0.39 is 4.92 Å². The number of nitrogens with one attached hydrogen (secondary N) is 1. The van der Waals surface area contributed by atoms with Crippen LogP contribution >= 0.6 is 0 Å². The van der Waals surface area contributed by atoms with Crippen LogP contribution in [0.1, 0.15) is 16.2 Å². The fourth-order valence-electron chi connectivity index (χ4n) is 3.55. The molecule has 1 N–H and O–H groups in total. The van der Waals surface area contributed by atoms with Crippen molar-refractivity contribution in [3.63, 3.8) is 0 Å². The second kappa shape index (κ2) is 7.88. The number of ether oxygens (including phenoxy) is 1. The number of nitro groups is 1. The number of nitrogens with zero attached hydrogens (tertiary/aromatic N) is 4. The monoisotopic (exact) mass is 395 g/mol. The maximum absolute atomic E-state index is 12.8. The highest BCUT2D eigenvalue weighted by Crippen LogP contribution is 2.28. The van der Waals surface area contributed by atoms with Crippen LogP contribution in [0.2, 0.25) is 0 Å². The third-order valence-corrected chi connectivity index (χ3v) is 5.09. The van der Waals surface area contributed by atoms with E-state index in [1.165, 1.54) is 19.2 Å². The lowest BCUT2D eigenvalue weighted by molar-refractivity contribution is -0.385. The van der Waals surface area contributed by atoms with Gasteiger partial charge in [-0.15, -0.1) is 0 Å². The second-order valence-corrected chi connectivity index (χ2v) is 6.91. The Kier molecular flexibility index (Phi) is 5.13. The van der Waals surface area contributed by atoms with Crippen LogP contribution in [-0.2, 0) is 6.54 Å². The molecular weight excluding hydrogens is 374 g/mol. The van der Waals surface area contributed by atoms with Gasteiger partial charge in [-0.3, -0.25) is 19.8 Å². The van der Waals surface area contributed by atoms with E-state index in [4.69, 9.17) is 4.74 Å². The number of H-pyrrole nitrogens is 1. The molecule has 1 aromatic heterocycles. The molecule has 9 heteroatoms. The standard InChI is InChI=1S/C20H21N5O4/c1-29-18-7-6-14(12-17(18)25(27)28)20(26)24-10-8-23(9-11-24)13-19-21-15-4-2-3-5-16(15)22-19/h2-7,12H,8-11,13H2,1H3,(H,21,22). The Morgan fingerprint density at radius 3 is 2.66 bits per heavy atom. The number of carbonyl (C=O) groups is 1. The van der Waals surface area contributed by atoms with Crippen molar-refractivity contribution in [3.8, 4) is 5.75 Å². The van der Waals surface area contributed by atoms with Crippen LogP contribution in [0.4, 0.5) is 5.69 Å². The number of para-hydroxylation sites is 2. The summed E-state index contributed by atoms with van der Waals surface area (Å²) >= 11 is 0. The first-order valence-corrected chi connectivity index (χ1v) is 9.33. The van der Waals surface area contributed by atoms with E-state index in [2.05, 4.69) is 14.9 Å². The van der Waals surface area contributed by atoms with E-state index in [0.29, 0.717) is 38.3 Å². The lowest BCUT2D eigenvalue weighted by Gasteiger charge is -2.34. The summed E-state index contributed by atoms with van der Waals surface area (Å²) in [5, 5.41) is 11.2. The third kappa shape index (κ3) is 3.90. The third-order valence-electron chi connectivity index (χ3n) is 5.09. The zero-order chi connectivity index (χ0) is 20.4. The number of nitro benzene ring substituents is 1. The number of fused-ring (bicyclic) bond motifs is 1. The minimum Gasteiger partial charge on any atom is -0.490 e. The summed E-state index contributed by atoms with van der Waals surface area (Å²) in [6.45, 7) is 3.21. The van der Waals surface area contributed by atoms with Crippen molar-refractivity contribution >= 4 is 22.6 Å². The molecule has 1 aliphatic rings. The average Bonchev–Trinajstić information content (AvgIpc) is 3.15. The van der Waals surface area contributed by atoms with Gasteiger partial charge in [-0.1, -0.05) is 12.1 Å². The molecule has 0 atom stereocenters. The Balaban J connectivity index is 1.39. The van der Waals surface area contributed by atoms with Crippen LogP contribution in [0.25, 0.3) is 11.0 Å². The van der Waals surface area contributed by atoms with Gasteiger partial charge in [0.05, 0.1) is 29.6 Å². The molecule has 3 aromatic rings. The van der Waals surface area contributed by atoms with E-state index >= 15 is 0 Å². The molecule has 0 radical (unpaired) electrons. The molecule has 1 saturated heterocycles. The number of amides is 1. The van der Waals surface area contributed by atoms with Gasteiger partial charge < -0.3 is 14.6 Å². The van der Waals surface area contributed by atoms with Crippen LogP contribution in [-0.4, -0.2) is 63.9 Å². The lowest BCUT2D eigenvalue weighted by Crippen LogP contribution is -2.48. The summed E-state index contributed by atoms with van der Waals surface area (Å²) in [5.74, 6) is 0.832. The van der Waals surface area contributed by atoms with Crippen LogP contribution < -0.4 is 4.74 Å². The van der Waals surface area contributed by atoms with Crippen molar-refractivity contribution in [1.29, 1.82) is 0 Å². The molecule has 0 saturated carbocycles. The Morgan fingerprint density at radius 2 is 1.97 bits per heavy atom. The zero-order valence-electron chi connectivity index (χ0n) is 16.0. The van der Waals surface area contributed by atoms with Crippen molar-refractivity contribution in [2.45, 2.75) is 6.54 Å². The minimum atomic E-state index is -0.541. The van der Waals surface area contributed by atoms with E-state index in [1.807, 2.05) is 24.3 Å². The van der Waals surface area contributed by atoms with E-state index in [-0.39, 0.29) is 17.3 Å². The first kappa shape index (κ1) is 18.9. The maximum atomic E-state index is 12.8. The first-order chi connectivity index (χ1) is 14.0. The van der Waals surface area contributed by atoms with Crippen molar-refractivity contribution in [2.24, 2.45) is 0 Å². The average molecular weight is 395 g/mol. The number of benzene rings is 2. The van der Waals surface area contributed by atoms with Gasteiger partial charge in [0.25, 0.3) is 5.91 Å². The molecule has 0 unspecified atom stereocenters. The molecular formula is C20H21N5O4. The Bertz CT molecular complexity index is 1020. The molecule has 1 aliphatic heterocycles. The van der Waals surface area contributed by atoms with Gasteiger partial charge in [-0.05, 0) is 24.3 Å². The molecule has 1 fully saturated rings. The maximum Gasteiger partial charge on any atom is 0.311 e. The predicted molar refractivity (Wildman–Crippen MR) is 107 cm³/mol. The quantitative estimate of drug-likeness (QED) is 0.526. The van der Waals surface area contributed by atoms with Crippen molar-refractivity contribution in [2.75, 3.05) is 33.3 Å². The molecule has 2 heterocycles. The molecule has 9 nitrogen and oxygen atoms in total. The number of hydrogen-bond acceptors (Lipinski definition) is 6. The number of aromatic nitrogens is 2. The number of piperazine rings is 1. The number of carbonyl (C=O) groups excluding carboxylic acids is 1. The molecule has 0 spiro atoms. The summed E-state index contributed by atoms with van der Waals surface area (Å²) in [6, 6.07) is 12.2. The van der Waals surface area contributed by atoms with Gasteiger partial charge in [0.15, 0.2) is 5.75 Å². The fourth-order valence-corrected chi connectivity index (χ4v) is 3.55. The first-order valence-electron chi connectivity index (χ1n) is 9.33. The van der Waals surface area contributed by atoms with Gasteiger partial charge in [0.1, 0.15) is 5.82 Å². The Morgan fingerprint density at radius 1 is 1.21 bits per heavy atom. The SMILES string of the molecule is COc1ccc(C(=O)N2CCN(Cc3nc4ccccc4[nH]3)CC2)cc1[N+](=O)[O-]. The molecule has 150 valence electrons. The number of imidazole rings is 1. The predicted octanol–water partition coefficient (Wildman–Crippen LogP) is 2.44. The number of rotatable bonds is 5. The highest BCUT2D eigenvalue weighted by atomic mass is 16.6. The highest BCUT2D eigenvalue weighted by Gasteiger charge is 2.25. The zero-order valence-corrected chi connectivity index (χ0v) is 16.0. The van der Waals surface area contributed by atoms with E-state index in [1.54, 1.807) is 11.0 Å². The summed E-state index contributed by atoms with van der Waals surface area (Å²) in [6.07, 6.45) is 0. The van der Waals surface area contributed by atoms with Gasteiger partial charge in [0, 0.05) is 37.8 Å². The largest absolute Gasteiger partial charge is 0.490 e. The van der Waals surface area contributed by atoms with Crippen LogP contribution in [0.15, 0.2) is 42.5 Å². The molecule has 29 heavy (non-hydrogen) atoms. The van der Waals surface area contributed by atoms with E-state index in [0.717, 1.165) is 16.9 Å². The smallest absolute Gasteiger partial charge is 0.311 e. The van der Waals surface area contributed by atoms with E-state index in [9.17, 15) is 14.9 Å². The summed E-state index contributed by atoms with van der Waals surface area (Å²) in [5.41, 5.74) is 2.04. The number of methoxy groups -OCH3 is 1. The van der Waals surface area contributed by atoms with Crippen molar-refractivity contribution < 1.29 is 14.5 Å². The summed E-state index contributed by atoms with van der Waals surface area (Å²) in [7, 11) is 1.37. The highest BCUT2D eigenvalue weighted by molar-refractivity contribution is 5.95. The molecule has 4 rings (SSSR count). The second-order valence-electron chi connectivity index (χ2n) is 6.91. The van der Waals surface area contributed by atoms with Crippen LogP contribution in [0, 0.1) is 10.1 Å². The molecule has 0 aliphatic carbocycles. The topological polar surface area (TPSA) is 105 Å². The number of hydrogen-bond donors (Lipinski definition) is 1. The van der Waals surface area contributed by atoms with Gasteiger partial charge in [-0.25, -0.2) is 4.98 Å². The summed E-state index contributed by atoms with van der Waals surface area (Å²) in [4.78, 5) is 35.3. The fraction of sp³-hybridized carbons (Fsp3) is 0.300. The number of aromatic amines is 1. The molecule has 1 amide bonds. The van der Waals surface area contributed by atoms with Crippen molar-refractivity contribution in [3.05, 3.63) is 64.0 Å². The molecule has 0 bridgehead atoms. The molecule has 2 aromatic carbocycles. The van der Waals surface area contributed by atoms with Crippen LogP contribution in [0.5, 0.6) is 5.75 Å². The van der Waals surface area contributed by atoms with Crippen molar-refractivity contribution in [1.82, 2.24) is 19.8 Å². The van der Waals surface area contributed by atoms with Gasteiger partial charge >= 0.3 is 5.69 Å². The Labute approximate surface area is 167 Å². The van der Waals surface area contributed by atoms with Gasteiger partial charge in [-0.2, -0.15) is 0 Å². The van der Waals surface area contributed by atoms with Gasteiger partial charge in [0.2, 0.25) is 0 Å².